The van der Waals surface area contributed by atoms with Crippen molar-refractivity contribution in [3.63, 3.8) is 0 Å². The lowest BCUT2D eigenvalue weighted by Crippen LogP contribution is -2.15. The van der Waals surface area contributed by atoms with Crippen LogP contribution in [0, 0.1) is 0 Å². The van der Waals surface area contributed by atoms with Crippen LogP contribution in [0.5, 0.6) is 0 Å². The van der Waals surface area contributed by atoms with Crippen molar-refractivity contribution in [3.05, 3.63) is 59.7 Å². The standard InChI is InChI=1S/C14H13BrN2O3S/c15-9-10-4-6-13(7-5-10)21(19,20)17-12-3-1-2-11(8-12)14(16)18/h1-8,17H,9H2,(H2,16,18). The summed E-state index contributed by atoms with van der Waals surface area (Å²) in [5, 5.41) is 0.654. The Morgan fingerprint density at radius 1 is 1.14 bits per heavy atom. The van der Waals surface area contributed by atoms with Gasteiger partial charge >= 0.3 is 0 Å². The number of benzene rings is 2. The first kappa shape index (κ1) is 15.5. The molecule has 2 rings (SSSR count). The van der Waals surface area contributed by atoms with E-state index in [1.165, 1.54) is 24.3 Å². The summed E-state index contributed by atoms with van der Waals surface area (Å²) < 4.78 is 26.9. The van der Waals surface area contributed by atoms with Gasteiger partial charge in [-0.1, -0.05) is 34.1 Å². The Morgan fingerprint density at radius 2 is 1.81 bits per heavy atom. The highest BCUT2D eigenvalue weighted by Gasteiger charge is 2.14. The summed E-state index contributed by atoms with van der Waals surface area (Å²) in [5.41, 5.74) is 6.67. The van der Waals surface area contributed by atoms with Crippen molar-refractivity contribution in [2.24, 2.45) is 5.73 Å². The average molecular weight is 369 g/mol. The number of sulfonamides is 1. The molecule has 5 nitrogen and oxygen atoms in total. The van der Waals surface area contributed by atoms with Crippen LogP contribution >= 0.6 is 15.9 Å². The molecule has 0 fully saturated rings. The maximum atomic E-state index is 12.2. The SMILES string of the molecule is NC(=O)c1cccc(NS(=O)(=O)c2ccc(CBr)cc2)c1. The van der Waals surface area contributed by atoms with Crippen molar-refractivity contribution < 1.29 is 13.2 Å². The number of halogens is 1. The van der Waals surface area contributed by atoms with E-state index >= 15 is 0 Å². The van der Waals surface area contributed by atoms with Crippen LogP contribution < -0.4 is 10.5 Å². The maximum absolute atomic E-state index is 12.2. The first-order valence-electron chi connectivity index (χ1n) is 6.00. The van der Waals surface area contributed by atoms with Crippen LogP contribution in [0.1, 0.15) is 15.9 Å². The molecular weight excluding hydrogens is 356 g/mol. The van der Waals surface area contributed by atoms with E-state index in [2.05, 4.69) is 20.7 Å². The van der Waals surface area contributed by atoms with E-state index in [-0.39, 0.29) is 16.1 Å². The highest BCUT2D eigenvalue weighted by atomic mass is 79.9. The monoisotopic (exact) mass is 368 g/mol. The zero-order valence-corrected chi connectivity index (χ0v) is 13.3. The molecule has 0 unspecified atom stereocenters. The Balaban J connectivity index is 2.28. The van der Waals surface area contributed by atoms with Gasteiger partial charge in [0, 0.05) is 16.6 Å². The van der Waals surface area contributed by atoms with Crippen LogP contribution in [-0.4, -0.2) is 14.3 Å². The average Bonchev–Trinajstić information content (AvgIpc) is 2.47. The number of rotatable bonds is 5. The number of primary amides is 1. The third-order valence-corrected chi connectivity index (χ3v) is 4.83. The van der Waals surface area contributed by atoms with Crippen molar-refractivity contribution in [2.45, 2.75) is 10.2 Å². The quantitative estimate of drug-likeness (QED) is 0.794. The van der Waals surface area contributed by atoms with Gasteiger partial charge in [-0.25, -0.2) is 8.42 Å². The minimum absolute atomic E-state index is 0.150. The molecule has 110 valence electrons. The predicted octanol–water partition coefficient (Wildman–Crippen LogP) is 2.48. The number of hydrogen-bond donors (Lipinski definition) is 2. The lowest BCUT2D eigenvalue weighted by Gasteiger charge is -2.09. The van der Waals surface area contributed by atoms with Gasteiger partial charge in [-0.2, -0.15) is 0 Å². The van der Waals surface area contributed by atoms with Crippen LogP contribution in [0.15, 0.2) is 53.4 Å². The largest absolute Gasteiger partial charge is 0.366 e. The molecule has 0 radical (unpaired) electrons. The molecule has 1 amide bonds. The van der Waals surface area contributed by atoms with Gasteiger partial charge in [-0.05, 0) is 35.9 Å². The molecule has 0 spiro atoms. The zero-order valence-electron chi connectivity index (χ0n) is 10.9. The third-order valence-electron chi connectivity index (χ3n) is 2.79. The van der Waals surface area contributed by atoms with Crippen LogP contribution in [0.3, 0.4) is 0 Å². The van der Waals surface area contributed by atoms with E-state index in [9.17, 15) is 13.2 Å². The number of carbonyl (C=O) groups excluding carboxylic acids is 1. The van der Waals surface area contributed by atoms with Crippen LogP contribution in [0.2, 0.25) is 0 Å². The topological polar surface area (TPSA) is 89.3 Å². The fraction of sp³-hybridized carbons (Fsp3) is 0.0714. The van der Waals surface area contributed by atoms with Gasteiger partial charge in [0.1, 0.15) is 0 Å². The molecule has 0 aromatic heterocycles. The van der Waals surface area contributed by atoms with Crippen LogP contribution in [0.4, 0.5) is 5.69 Å². The van der Waals surface area contributed by atoms with E-state index < -0.39 is 15.9 Å². The smallest absolute Gasteiger partial charge is 0.261 e. The summed E-state index contributed by atoms with van der Waals surface area (Å²) in [4.78, 5) is 11.2. The van der Waals surface area contributed by atoms with E-state index in [1.807, 2.05) is 0 Å². The Bertz CT molecular complexity index is 758. The normalized spacial score (nSPS) is 11.1. The second-order valence-electron chi connectivity index (χ2n) is 4.33. The molecule has 0 aliphatic carbocycles. The zero-order chi connectivity index (χ0) is 15.5. The molecule has 2 aromatic rings. The molecule has 3 N–H and O–H groups in total. The molecule has 0 aliphatic heterocycles. The summed E-state index contributed by atoms with van der Waals surface area (Å²) in [5.74, 6) is -0.613. The van der Waals surface area contributed by atoms with E-state index in [1.54, 1.807) is 24.3 Å². The van der Waals surface area contributed by atoms with Gasteiger partial charge in [0.2, 0.25) is 5.91 Å². The maximum Gasteiger partial charge on any atom is 0.261 e. The second-order valence-corrected chi connectivity index (χ2v) is 6.57. The highest BCUT2D eigenvalue weighted by Crippen LogP contribution is 2.18. The van der Waals surface area contributed by atoms with Crippen molar-refractivity contribution in [1.82, 2.24) is 0 Å². The molecule has 0 saturated carbocycles. The van der Waals surface area contributed by atoms with Crippen LogP contribution in [-0.2, 0) is 15.4 Å². The van der Waals surface area contributed by atoms with Gasteiger partial charge in [0.25, 0.3) is 10.0 Å². The molecule has 0 saturated heterocycles. The van der Waals surface area contributed by atoms with E-state index in [0.717, 1.165) is 5.56 Å². The number of carbonyl (C=O) groups is 1. The van der Waals surface area contributed by atoms with Gasteiger partial charge in [-0.3, -0.25) is 9.52 Å². The van der Waals surface area contributed by atoms with Crippen molar-refractivity contribution >= 4 is 37.5 Å². The second kappa shape index (κ2) is 6.28. The fourth-order valence-corrected chi connectivity index (χ4v) is 3.13. The number of alkyl halides is 1. The molecule has 0 heterocycles. The van der Waals surface area contributed by atoms with Crippen molar-refractivity contribution in [2.75, 3.05) is 4.72 Å². The Labute approximate surface area is 131 Å². The van der Waals surface area contributed by atoms with Crippen molar-refractivity contribution in [1.29, 1.82) is 0 Å². The van der Waals surface area contributed by atoms with Gasteiger partial charge in [-0.15, -0.1) is 0 Å². The predicted molar refractivity (Wildman–Crippen MR) is 84.8 cm³/mol. The number of nitrogens with one attached hydrogen (secondary N) is 1. The Morgan fingerprint density at radius 3 is 2.38 bits per heavy atom. The molecule has 0 atom stereocenters. The van der Waals surface area contributed by atoms with Gasteiger partial charge < -0.3 is 5.73 Å². The minimum Gasteiger partial charge on any atom is -0.366 e. The summed E-state index contributed by atoms with van der Waals surface area (Å²) >= 11 is 3.30. The lowest BCUT2D eigenvalue weighted by molar-refractivity contribution is 0.100. The first-order valence-corrected chi connectivity index (χ1v) is 8.60. The van der Waals surface area contributed by atoms with Gasteiger partial charge in [0.05, 0.1) is 4.90 Å². The number of amides is 1. The van der Waals surface area contributed by atoms with Crippen LogP contribution in [0.25, 0.3) is 0 Å². The molecular formula is C14H13BrN2O3S. The first-order chi connectivity index (χ1) is 9.92. The van der Waals surface area contributed by atoms with Gasteiger partial charge in [0.15, 0.2) is 0 Å². The minimum atomic E-state index is -3.70. The molecule has 21 heavy (non-hydrogen) atoms. The fourth-order valence-electron chi connectivity index (χ4n) is 1.71. The number of hydrogen-bond acceptors (Lipinski definition) is 3. The molecule has 2 aromatic carbocycles. The Hall–Kier alpha value is -1.86. The summed E-state index contributed by atoms with van der Waals surface area (Å²) in [6.45, 7) is 0. The molecule has 0 bridgehead atoms. The van der Waals surface area contributed by atoms with E-state index in [0.29, 0.717) is 5.33 Å². The highest BCUT2D eigenvalue weighted by molar-refractivity contribution is 9.08. The summed E-state index contributed by atoms with van der Waals surface area (Å²) in [7, 11) is -3.70. The molecule has 7 heteroatoms. The summed E-state index contributed by atoms with van der Waals surface area (Å²) in [6.07, 6.45) is 0. The lowest BCUT2D eigenvalue weighted by atomic mass is 10.2. The Kier molecular flexibility index (Phi) is 4.64. The summed E-state index contributed by atoms with van der Waals surface area (Å²) in [6, 6.07) is 12.5. The number of nitrogens with two attached hydrogens (primary N) is 1. The number of anilines is 1. The molecule has 0 aliphatic rings. The van der Waals surface area contributed by atoms with Crippen molar-refractivity contribution in [3.8, 4) is 0 Å². The van der Waals surface area contributed by atoms with E-state index in [4.69, 9.17) is 5.73 Å². The third kappa shape index (κ3) is 3.83.